The summed E-state index contributed by atoms with van der Waals surface area (Å²) in [6.45, 7) is 4.64. The number of ether oxygens (including phenoxy) is 1. The van der Waals surface area contributed by atoms with Crippen LogP contribution in [0.2, 0.25) is 0 Å². The number of unbranched alkanes of at least 4 members (excludes halogenated alkanes) is 1. The molecule has 4 N–H and O–H groups in total. The lowest BCUT2D eigenvalue weighted by molar-refractivity contribution is -0.124. The van der Waals surface area contributed by atoms with Gasteiger partial charge in [-0.1, -0.05) is 60.7 Å². The van der Waals surface area contributed by atoms with E-state index in [1.807, 2.05) is 74.5 Å². The summed E-state index contributed by atoms with van der Waals surface area (Å²) in [4.78, 5) is 24.1. The molecule has 0 aromatic heterocycles. The number of amides is 2. The Morgan fingerprint density at radius 1 is 1.00 bits per heavy atom. The van der Waals surface area contributed by atoms with Gasteiger partial charge in [-0.2, -0.15) is 0 Å². The summed E-state index contributed by atoms with van der Waals surface area (Å²) in [7, 11) is 0. The molecule has 156 valence electrons. The molecule has 0 unspecified atom stereocenters. The fourth-order valence-electron chi connectivity index (χ4n) is 2.91. The van der Waals surface area contributed by atoms with Crippen LogP contribution in [-0.4, -0.2) is 24.6 Å². The molecule has 1 atom stereocenters. The van der Waals surface area contributed by atoms with Crippen LogP contribution in [0.5, 0.6) is 0 Å². The molecule has 2 rings (SSSR count). The van der Waals surface area contributed by atoms with E-state index in [2.05, 4.69) is 10.6 Å². The van der Waals surface area contributed by atoms with E-state index >= 15 is 0 Å². The zero-order valence-corrected chi connectivity index (χ0v) is 17.2. The van der Waals surface area contributed by atoms with Gasteiger partial charge in [0.1, 0.15) is 6.61 Å². The average Bonchev–Trinajstić information content (AvgIpc) is 2.73. The van der Waals surface area contributed by atoms with E-state index in [0.29, 0.717) is 13.0 Å². The Balaban J connectivity index is 1.60. The van der Waals surface area contributed by atoms with E-state index in [1.165, 1.54) is 0 Å². The molecule has 0 aliphatic heterocycles. The molecule has 6 nitrogen and oxygen atoms in total. The highest BCUT2D eigenvalue weighted by molar-refractivity contribution is 5.82. The first-order chi connectivity index (χ1) is 13.9. The van der Waals surface area contributed by atoms with Crippen molar-refractivity contribution in [2.45, 2.75) is 51.3 Å². The van der Waals surface area contributed by atoms with Gasteiger partial charge in [0, 0.05) is 6.54 Å². The second-order valence-electron chi connectivity index (χ2n) is 7.57. The standard InChI is InChI=1S/C23H31N3O3/c1-23(2,19-13-7-4-8-14-19)26-21(27)20(24)15-9-10-16-25-22(28)29-17-18-11-5-3-6-12-18/h3-8,11-14,20H,9-10,15-17,24H2,1-2H3,(H,25,28)(H,26,27)/t20-/m0/s1. The lowest BCUT2D eigenvalue weighted by atomic mass is 9.93. The number of carbonyl (C=O) groups is 2. The van der Waals surface area contributed by atoms with Gasteiger partial charge in [0.05, 0.1) is 11.6 Å². The van der Waals surface area contributed by atoms with Crippen LogP contribution < -0.4 is 16.4 Å². The highest BCUT2D eigenvalue weighted by atomic mass is 16.5. The van der Waals surface area contributed by atoms with Crippen LogP contribution in [0, 0.1) is 0 Å². The van der Waals surface area contributed by atoms with E-state index < -0.39 is 17.7 Å². The molecule has 0 heterocycles. The quantitative estimate of drug-likeness (QED) is 0.535. The topological polar surface area (TPSA) is 93.5 Å². The van der Waals surface area contributed by atoms with Crippen LogP contribution >= 0.6 is 0 Å². The molecule has 0 saturated carbocycles. The molecular weight excluding hydrogens is 366 g/mol. The summed E-state index contributed by atoms with van der Waals surface area (Å²) in [6.07, 6.45) is 1.57. The molecular formula is C23H31N3O3. The Morgan fingerprint density at radius 3 is 2.28 bits per heavy atom. The largest absolute Gasteiger partial charge is 0.445 e. The third-order valence-electron chi connectivity index (χ3n) is 4.69. The third kappa shape index (κ3) is 7.95. The van der Waals surface area contributed by atoms with Crippen molar-refractivity contribution in [2.24, 2.45) is 5.73 Å². The van der Waals surface area contributed by atoms with Crippen molar-refractivity contribution in [1.29, 1.82) is 0 Å². The van der Waals surface area contributed by atoms with Gasteiger partial charge in [-0.3, -0.25) is 4.79 Å². The van der Waals surface area contributed by atoms with Gasteiger partial charge < -0.3 is 21.1 Å². The highest BCUT2D eigenvalue weighted by Gasteiger charge is 2.25. The van der Waals surface area contributed by atoms with Crippen LogP contribution in [0.4, 0.5) is 4.79 Å². The lowest BCUT2D eigenvalue weighted by Crippen LogP contribution is -2.48. The summed E-state index contributed by atoms with van der Waals surface area (Å²) < 4.78 is 5.15. The molecule has 0 bridgehead atoms. The molecule has 0 fully saturated rings. The SMILES string of the molecule is CC(C)(NC(=O)[C@@H](N)CCCCNC(=O)OCc1ccccc1)c1ccccc1. The minimum atomic E-state index is -0.581. The van der Waals surface area contributed by atoms with Gasteiger partial charge in [0.15, 0.2) is 0 Å². The maximum absolute atomic E-state index is 12.4. The van der Waals surface area contributed by atoms with Gasteiger partial charge in [-0.05, 0) is 44.2 Å². The Kier molecular flexibility index (Phi) is 8.68. The normalized spacial score (nSPS) is 12.1. The summed E-state index contributed by atoms with van der Waals surface area (Å²) in [5, 5.41) is 5.72. The van der Waals surface area contributed by atoms with Gasteiger partial charge in [-0.25, -0.2) is 4.79 Å². The number of alkyl carbamates (subject to hydrolysis) is 1. The van der Waals surface area contributed by atoms with Crippen molar-refractivity contribution in [3.63, 3.8) is 0 Å². The van der Waals surface area contributed by atoms with Crippen molar-refractivity contribution in [1.82, 2.24) is 10.6 Å². The van der Waals surface area contributed by atoms with Crippen molar-refractivity contribution in [3.8, 4) is 0 Å². The molecule has 2 aromatic rings. The molecule has 29 heavy (non-hydrogen) atoms. The van der Waals surface area contributed by atoms with Crippen LogP contribution in [0.3, 0.4) is 0 Å². The number of hydrogen-bond acceptors (Lipinski definition) is 4. The number of nitrogens with two attached hydrogens (primary N) is 1. The molecule has 0 radical (unpaired) electrons. The van der Waals surface area contributed by atoms with Gasteiger partial charge in [0.25, 0.3) is 0 Å². The summed E-state index contributed by atoms with van der Waals surface area (Å²) in [6, 6.07) is 18.7. The van der Waals surface area contributed by atoms with E-state index in [0.717, 1.165) is 24.0 Å². The average molecular weight is 398 g/mol. The van der Waals surface area contributed by atoms with Crippen LogP contribution in [0.15, 0.2) is 60.7 Å². The first-order valence-electron chi connectivity index (χ1n) is 9.96. The van der Waals surface area contributed by atoms with Crippen molar-refractivity contribution >= 4 is 12.0 Å². The van der Waals surface area contributed by atoms with E-state index in [4.69, 9.17) is 10.5 Å². The predicted octanol–water partition coefficient (Wildman–Crippen LogP) is 3.46. The highest BCUT2D eigenvalue weighted by Crippen LogP contribution is 2.19. The molecule has 2 aromatic carbocycles. The van der Waals surface area contributed by atoms with E-state index in [1.54, 1.807) is 0 Å². The minimum Gasteiger partial charge on any atom is -0.445 e. The molecule has 0 spiro atoms. The maximum Gasteiger partial charge on any atom is 0.407 e. The first kappa shape index (κ1) is 22.4. The van der Waals surface area contributed by atoms with Crippen molar-refractivity contribution < 1.29 is 14.3 Å². The molecule has 0 aliphatic rings. The van der Waals surface area contributed by atoms with Crippen LogP contribution in [0.25, 0.3) is 0 Å². The van der Waals surface area contributed by atoms with Gasteiger partial charge in [-0.15, -0.1) is 0 Å². The summed E-state index contributed by atoms with van der Waals surface area (Å²) >= 11 is 0. The smallest absolute Gasteiger partial charge is 0.407 e. The van der Waals surface area contributed by atoms with Gasteiger partial charge in [0.2, 0.25) is 5.91 Å². The predicted molar refractivity (Wildman–Crippen MR) is 114 cm³/mol. The monoisotopic (exact) mass is 397 g/mol. The van der Waals surface area contributed by atoms with Crippen LogP contribution in [0.1, 0.15) is 44.2 Å². The number of hydrogen-bond donors (Lipinski definition) is 3. The second-order valence-corrected chi connectivity index (χ2v) is 7.57. The lowest BCUT2D eigenvalue weighted by Gasteiger charge is -2.28. The number of carbonyl (C=O) groups excluding carboxylic acids is 2. The fourth-order valence-corrected chi connectivity index (χ4v) is 2.91. The van der Waals surface area contributed by atoms with E-state index in [-0.39, 0.29) is 12.5 Å². The molecule has 2 amide bonds. The first-order valence-corrected chi connectivity index (χ1v) is 9.96. The van der Waals surface area contributed by atoms with Gasteiger partial charge >= 0.3 is 6.09 Å². The third-order valence-corrected chi connectivity index (χ3v) is 4.69. The molecule has 0 saturated heterocycles. The molecule has 6 heteroatoms. The van der Waals surface area contributed by atoms with Crippen molar-refractivity contribution in [3.05, 3.63) is 71.8 Å². The second kappa shape index (κ2) is 11.2. The Bertz CT molecular complexity index is 763. The Morgan fingerprint density at radius 2 is 1.62 bits per heavy atom. The van der Waals surface area contributed by atoms with E-state index in [9.17, 15) is 9.59 Å². The number of nitrogens with one attached hydrogen (secondary N) is 2. The number of rotatable bonds is 10. The van der Waals surface area contributed by atoms with Crippen molar-refractivity contribution in [2.75, 3.05) is 6.54 Å². The Labute approximate surface area is 172 Å². The minimum absolute atomic E-state index is 0.172. The van der Waals surface area contributed by atoms with Crippen LogP contribution in [-0.2, 0) is 21.7 Å². The molecule has 0 aliphatic carbocycles. The fraction of sp³-hybridized carbons (Fsp3) is 0.391. The Hall–Kier alpha value is -2.86. The summed E-state index contributed by atoms with van der Waals surface area (Å²) in [5.41, 5.74) is 7.52. The zero-order chi connectivity index (χ0) is 21.1. The summed E-state index contributed by atoms with van der Waals surface area (Å²) in [5.74, 6) is -0.172. The zero-order valence-electron chi connectivity index (χ0n) is 17.2. The number of benzene rings is 2. The maximum atomic E-state index is 12.4.